The molecule has 2 aromatic rings. The molecule has 0 fully saturated rings. The molecule has 5 heteroatoms. The van der Waals surface area contributed by atoms with Crippen LogP contribution in [0.1, 0.15) is 33.2 Å². The number of carbonyl (C=O) groups excluding carboxylic acids is 3. The van der Waals surface area contributed by atoms with Crippen LogP contribution in [-0.2, 0) is 16.0 Å². The highest BCUT2D eigenvalue weighted by Gasteiger charge is 2.45. The molecule has 25 heavy (non-hydrogen) atoms. The van der Waals surface area contributed by atoms with Gasteiger partial charge in [0.1, 0.15) is 6.04 Å². The third kappa shape index (κ3) is 3.05. The zero-order valence-corrected chi connectivity index (χ0v) is 14.1. The molecule has 2 amide bonds. The fourth-order valence-electron chi connectivity index (χ4n) is 3.27. The highest BCUT2D eigenvalue weighted by atomic mass is 16.5. The number of carbonyl (C=O) groups is 3. The summed E-state index contributed by atoms with van der Waals surface area (Å²) in [6, 6.07) is 15.3. The van der Waals surface area contributed by atoms with E-state index < -0.39 is 23.8 Å². The molecule has 0 aromatic heterocycles. The molecule has 0 aliphatic carbocycles. The molecule has 0 saturated heterocycles. The molecular formula is C20H19NO4. The lowest BCUT2D eigenvalue weighted by Crippen LogP contribution is -2.49. The number of rotatable bonds is 5. The van der Waals surface area contributed by atoms with Crippen molar-refractivity contribution >= 4 is 17.8 Å². The van der Waals surface area contributed by atoms with E-state index in [0.717, 1.165) is 10.5 Å². The van der Waals surface area contributed by atoms with Gasteiger partial charge in [-0.1, -0.05) is 49.4 Å². The molecule has 3 rings (SSSR count). The number of imide groups is 1. The predicted molar refractivity (Wildman–Crippen MR) is 92.1 cm³/mol. The second kappa shape index (κ2) is 6.89. The Bertz CT molecular complexity index is 780. The van der Waals surface area contributed by atoms with Crippen LogP contribution in [0.15, 0.2) is 54.6 Å². The smallest absolute Gasteiger partial charge is 0.329 e. The summed E-state index contributed by atoms with van der Waals surface area (Å²) >= 11 is 0. The van der Waals surface area contributed by atoms with Crippen LogP contribution < -0.4 is 0 Å². The van der Waals surface area contributed by atoms with Gasteiger partial charge in [0.25, 0.3) is 11.8 Å². The number of esters is 1. The van der Waals surface area contributed by atoms with Crippen molar-refractivity contribution in [2.24, 2.45) is 5.92 Å². The minimum Gasteiger partial charge on any atom is -0.467 e. The van der Waals surface area contributed by atoms with Gasteiger partial charge in [0.2, 0.25) is 0 Å². The van der Waals surface area contributed by atoms with E-state index in [2.05, 4.69) is 0 Å². The third-order valence-corrected chi connectivity index (χ3v) is 4.49. The zero-order chi connectivity index (χ0) is 18.0. The van der Waals surface area contributed by atoms with Gasteiger partial charge in [-0.2, -0.15) is 0 Å². The number of amides is 2. The predicted octanol–water partition coefficient (Wildman–Crippen LogP) is 2.70. The van der Waals surface area contributed by atoms with Crippen LogP contribution in [0.2, 0.25) is 0 Å². The molecular weight excluding hydrogens is 318 g/mol. The number of benzene rings is 2. The summed E-state index contributed by atoms with van der Waals surface area (Å²) in [5, 5.41) is 0. The summed E-state index contributed by atoms with van der Waals surface area (Å²) in [6.07, 6.45) is 0.550. The van der Waals surface area contributed by atoms with E-state index in [1.54, 1.807) is 24.3 Å². The van der Waals surface area contributed by atoms with E-state index in [-0.39, 0.29) is 5.92 Å². The lowest BCUT2D eigenvalue weighted by Gasteiger charge is -2.29. The minimum absolute atomic E-state index is 0.280. The van der Waals surface area contributed by atoms with E-state index in [1.807, 2.05) is 37.3 Å². The maximum absolute atomic E-state index is 12.7. The van der Waals surface area contributed by atoms with Crippen LogP contribution >= 0.6 is 0 Å². The number of hydrogen-bond donors (Lipinski definition) is 0. The SMILES string of the molecule is COC(=O)[C@@H](C(C)Cc1ccccc1)N1C(=O)c2ccccc2C1=O. The molecule has 2 atom stereocenters. The average molecular weight is 337 g/mol. The van der Waals surface area contributed by atoms with Gasteiger partial charge in [-0.3, -0.25) is 14.5 Å². The van der Waals surface area contributed by atoms with Gasteiger partial charge in [0.05, 0.1) is 18.2 Å². The van der Waals surface area contributed by atoms with E-state index >= 15 is 0 Å². The molecule has 1 heterocycles. The number of hydrogen-bond acceptors (Lipinski definition) is 4. The fourth-order valence-corrected chi connectivity index (χ4v) is 3.27. The van der Waals surface area contributed by atoms with Gasteiger partial charge in [-0.25, -0.2) is 4.79 Å². The molecule has 0 radical (unpaired) electrons. The van der Waals surface area contributed by atoms with Crippen LogP contribution in [0.3, 0.4) is 0 Å². The molecule has 1 unspecified atom stereocenters. The first-order valence-electron chi connectivity index (χ1n) is 8.13. The maximum atomic E-state index is 12.7. The Kier molecular flexibility index (Phi) is 4.65. The lowest BCUT2D eigenvalue weighted by atomic mass is 9.92. The summed E-state index contributed by atoms with van der Waals surface area (Å²) in [4.78, 5) is 38.9. The highest BCUT2D eigenvalue weighted by molar-refractivity contribution is 6.22. The van der Waals surface area contributed by atoms with Crippen molar-refractivity contribution in [3.05, 3.63) is 71.3 Å². The standard InChI is InChI=1S/C20H19NO4/c1-13(12-14-8-4-3-5-9-14)17(20(24)25-2)21-18(22)15-10-6-7-11-16(15)19(21)23/h3-11,13,17H,12H2,1-2H3/t13?,17-/m1/s1. The number of fused-ring (bicyclic) bond motifs is 1. The van der Waals surface area contributed by atoms with Gasteiger partial charge in [-0.15, -0.1) is 0 Å². The monoisotopic (exact) mass is 337 g/mol. The Morgan fingerprint density at radius 2 is 1.48 bits per heavy atom. The van der Waals surface area contributed by atoms with Crippen molar-refractivity contribution in [1.82, 2.24) is 4.90 Å². The Labute approximate surface area is 146 Å². The first-order chi connectivity index (χ1) is 12.0. The summed E-state index contributed by atoms with van der Waals surface area (Å²) in [5.74, 6) is -1.76. The third-order valence-electron chi connectivity index (χ3n) is 4.49. The molecule has 0 spiro atoms. The molecule has 0 saturated carbocycles. The van der Waals surface area contributed by atoms with E-state index in [4.69, 9.17) is 4.74 Å². The van der Waals surface area contributed by atoms with Crippen molar-refractivity contribution in [3.63, 3.8) is 0 Å². The van der Waals surface area contributed by atoms with Crippen LogP contribution in [0.4, 0.5) is 0 Å². The van der Waals surface area contributed by atoms with Gasteiger partial charge in [0, 0.05) is 0 Å². The van der Waals surface area contributed by atoms with E-state index in [0.29, 0.717) is 17.5 Å². The van der Waals surface area contributed by atoms with Crippen LogP contribution in [0.5, 0.6) is 0 Å². The Morgan fingerprint density at radius 1 is 0.960 bits per heavy atom. The first kappa shape index (κ1) is 16.9. The summed E-state index contributed by atoms with van der Waals surface area (Å²) in [6.45, 7) is 1.85. The molecule has 5 nitrogen and oxygen atoms in total. The molecule has 2 aromatic carbocycles. The Balaban J connectivity index is 1.93. The van der Waals surface area contributed by atoms with Gasteiger partial charge >= 0.3 is 5.97 Å². The summed E-state index contributed by atoms with van der Waals surface area (Å²) < 4.78 is 4.89. The largest absolute Gasteiger partial charge is 0.467 e. The zero-order valence-electron chi connectivity index (χ0n) is 14.1. The van der Waals surface area contributed by atoms with Crippen LogP contribution in [0, 0.1) is 5.92 Å². The molecule has 1 aliphatic heterocycles. The first-order valence-corrected chi connectivity index (χ1v) is 8.13. The van der Waals surface area contributed by atoms with Crippen molar-refractivity contribution in [1.29, 1.82) is 0 Å². The van der Waals surface area contributed by atoms with E-state index in [9.17, 15) is 14.4 Å². The summed E-state index contributed by atoms with van der Waals surface area (Å²) in [7, 11) is 1.27. The number of ether oxygens (including phenoxy) is 1. The Morgan fingerprint density at radius 3 is 2.00 bits per heavy atom. The highest BCUT2D eigenvalue weighted by Crippen LogP contribution is 2.28. The fraction of sp³-hybridized carbons (Fsp3) is 0.250. The summed E-state index contributed by atoms with van der Waals surface area (Å²) in [5.41, 5.74) is 1.68. The molecule has 0 N–H and O–H groups in total. The molecule has 128 valence electrons. The minimum atomic E-state index is -0.961. The average Bonchev–Trinajstić information content (AvgIpc) is 2.88. The maximum Gasteiger partial charge on any atom is 0.329 e. The normalized spacial score (nSPS) is 15.7. The topological polar surface area (TPSA) is 63.7 Å². The molecule has 1 aliphatic rings. The number of nitrogens with zero attached hydrogens (tertiary/aromatic N) is 1. The van der Waals surface area contributed by atoms with Gasteiger partial charge in [0.15, 0.2) is 0 Å². The Hall–Kier alpha value is -2.95. The van der Waals surface area contributed by atoms with Gasteiger partial charge in [-0.05, 0) is 30.0 Å². The second-order valence-corrected chi connectivity index (χ2v) is 6.16. The quantitative estimate of drug-likeness (QED) is 0.622. The van der Waals surface area contributed by atoms with Gasteiger partial charge < -0.3 is 4.74 Å². The molecule has 0 bridgehead atoms. The van der Waals surface area contributed by atoms with Crippen molar-refractivity contribution in [2.45, 2.75) is 19.4 Å². The van der Waals surface area contributed by atoms with Crippen molar-refractivity contribution in [3.8, 4) is 0 Å². The number of methoxy groups -OCH3 is 1. The van der Waals surface area contributed by atoms with Crippen LogP contribution in [-0.4, -0.2) is 35.8 Å². The lowest BCUT2D eigenvalue weighted by molar-refractivity contribution is -0.147. The second-order valence-electron chi connectivity index (χ2n) is 6.16. The van der Waals surface area contributed by atoms with Crippen LogP contribution in [0.25, 0.3) is 0 Å². The van der Waals surface area contributed by atoms with Crippen molar-refractivity contribution < 1.29 is 19.1 Å². The van der Waals surface area contributed by atoms with E-state index in [1.165, 1.54) is 7.11 Å². The van der Waals surface area contributed by atoms with Crippen molar-refractivity contribution in [2.75, 3.05) is 7.11 Å².